The molecule has 1 aliphatic rings. The SMILES string of the molecule is CC(Sc1ccc(F)c(F)c1)C(=O)Nc1cccc(S(=O)(=O)N2CCCCC2)c1. The third-order valence-electron chi connectivity index (χ3n) is 4.63. The highest BCUT2D eigenvalue weighted by atomic mass is 32.2. The highest BCUT2D eigenvalue weighted by Crippen LogP contribution is 2.27. The average molecular weight is 441 g/mol. The highest BCUT2D eigenvalue weighted by molar-refractivity contribution is 8.00. The lowest BCUT2D eigenvalue weighted by atomic mass is 10.2. The van der Waals surface area contributed by atoms with E-state index in [0.717, 1.165) is 43.2 Å². The van der Waals surface area contributed by atoms with Gasteiger partial charge in [0.05, 0.1) is 10.1 Å². The fourth-order valence-electron chi connectivity index (χ4n) is 3.04. The first-order chi connectivity index (χ1) is 13.8. The van der Waals surface area contributed by atoms with Gasteiger partial charge in [0.25, 0.3) is 0 Å². The largest absolute Gasteiger partial charge is 0.325 e. The van der Waals surface area contributed by atoms with Crippen molar-refractivity contribution in [1.82, 2.24) is 4.31 Å². The van der Waals surface area contributed by atoms with Crippen LogP contribution in [-0.2, 0) is 14.8 Å². The first-order valence-electron chi connectivity index (χ1n) is 9.30. The molecule has 3 rings (SSSR count). The van der Waals surface area contributed by atoms with Crippen molar-refractivity contribution < 1.29 is 22.0 Å². The normalized spacial score (nSPS) is 16.4. The molecule has 9 heteroatoms. The van der Waals surface area contributed by atoms with Gasteiger partial charge in [-0.15, -0.1) is 11.8 Å². The van der Waals surface area contributed by atoms with Crippen LogP contribution >= 0.6 is 11.8 Å². The molecule has 156 valence electrons. The van der Waals surface area contributed by atoms with E-state index in [-0.39, 0.29) is 10.8 Å². The summed E-state index contributed by atoms with van der Waals surface area (Å²) in [4.78, 5) is 13.0. The summed E-state index contributed by atoms with van der Waals surface area (Å²) < 4.78 is 53.4. The Hall–Kier alpha value is -1.97. The first kappa shape index (κ1) is 21.7. The quantitative estimate of drug-likeness (QED) is 0.682. The number of halogens is 2. The van der Waals surface area contributed by atoms with Crippen molar-refractivity contribution in [2.45, 2.75) is 41.2 Å². The van der Waals surface area contributed by atoms with Gasteiger partial charge in [0, 0.05) is 23.7 Å². The smallest absolute Gasteiger partial charge is 0.243 e. The Bertz CT molecular complexity index is 993. The van der Waals surface area contributed by atoms with E-state index in [9.17, 15) is 22.0 Å². The molecule has 1 saturated heterocycles. The molecule has 0 aromatic heterocycles. The van der Waals surface area contributed by atoms with Gasteiger partial charge in [-0.2, -0.15) is 4.31 Å². The number of amides is 1. The van der Waals surface area contributed by atoms with Crippen LogP contribution in [0.1, 0.15) is 26.2 Å². The van der Waals surface area contributed by atoms with Gasteiger partial charge in [-0.3, -0.25) is 4.79 Å². The molecule has 2 aromatic carbocycles. The Labute approximate surface area is 173 Å². The van der Waals surface area contributed by atoms with E-state index in [1.165, 1.54) is 22.5 Å². The maximum Gasteiger partial charge on any atom is 0.243 e. The molecule has 2 aromatic rings. The lowest BCUT2D eigenvalue weighted by Gasteiger charge is -2.26. The van der Waals surface area contributed by atoms with Crippen LogP contribution in [0.4, 0.5) is 14.5 Å². The lowest BCUT2D eigenvalue weighted by Crippen LogP contribution is -2.35. The number of sulfonamides is 1. The molecular weight excluding hydrogens is 418 g/mol. The standard InChI is InChI=1S/C20H22F2N2O3S2/c1-14(28-16-8-9-18(21)19(22)13-16)20(25)23-15-6-5-7-17(12-15)29(26,27)24-10-3-2-4-11-24/h5-9,12-14H,2-4,10-11H2,1H3,(H,23,25). The third-order valence-corrected chi connectivity index (χ3v) is 7.62. The minimum absolute atomic E-state index is 0.137. The predicted octanol–water partition coefficient (Wildman–Crippen LogP) is 4.26. The fraction of sp³-hybridized carbons (Fsp3) is 0.350. The zero-order valence-electron chi connectivity index (χ0n) is 15.9. The van der Waals surface area contributed by atoms with Crippen molar-refractivity contribution >= 4 is 33.4 Å². The maximum atomic E-state index is 13.3. The first-order valence-corrected chi connectivity index (χ1v) is 11.6. The van der Waals surface area contributed by atoms with Crippen LogP contribution in [0, 0.1) is 11.6 Å². The van der Waals surface area contributed by atoms with Crippen LogP contribution in [0.15, 0.2) is 52.3 Å². The van der Waals surface area contributed by atoms with Crippen LogP contribution < -0.4 is 5.32 Å². The van der Waals surface area contributed by atoms with E-state index in [1.807, 2.05) is 0 Å². The van der Waals surface area contributed by atoms with E-state index in [4.69, 9.17) is 0 Å². The molecule has 0 radical (unpaired) electrons. The molecule has 1 fully saturated rings. The zero-order valence-corrected chi connectivity index (χ0v) is 17.5. The molecule has 1 atom stereocenters. The Kier molecular flexibility index (Phi) is 6.92. The lowest BCUT2D eigenvalue weighted by molar-refractivity contribution is -0.115. The van der Waals surface area contributed by atoms with Gasteiger partial charge in [-0.05, 0) is 56.2 Å². The van der Waals surface area contributed by atoms with Crippen LogP contribution in [0.2, 0.25) is 0 Å². The van der Waals surface area contributed by atoms with Gasteiger partial charge in [-0.25, -0.2) is 17.2 Å². The number of hydrogen-bond donors (Lipinski definition) is 1. The molecule has 1 unspecified atom stereocenters. The van der Waals surface area contributed by atoms with Crippen LogP contribution in [0.3, 0.4) is 0 Å². The topological polar surface area (TPSA) is 66.5 Å². The van der Waals surface area contributed by atoms with Crippen LogP contribution in [-0.4, -0.2) is 37.0 Å². The Morgan fingerprint density at radius 2 is 1.79 bits per heavy atom. The van der Waals surface area contributed by atoms with E-state index >= 15 is 0 Å². The average Bonchev–Trinajstić information content (AvgIpc) is 2.71. The molecule has 29 heavy (non-hydrogen) atoms. The van der Waals surface area contributed by atoms with Crippen molar-refractivity contribution in [1.29, 1.82) is 0 Å². The highest BCUT2D eigenvalue weighted by Gasteiger charge is 2.26. The molecular formula is C20H22F2N2O3S2. The van der Waals surface area contributed by atoms with E-state index in [2.05, 4.69) is 5.32 Å². The predicted molar refractivity (Wildman–Crippen MR) is 109 cm³/mol. The summed E-state index contributed by atoms with van der Waals surface area (Å²) >= 11 is 1.08. The number of nitrogens with one attached hydrogen (secondary N) is 1. The summed E-state index contributed by atoms with van der Waals surface area (Å²) in [5.74, 6) is -2.29. The number of nitrogens with zero attached hydrogens (tertiary/aromatic N) is 1. The third kappa shape index (κ3) is 5.34. The van der Waals surface area contributed by atoms with E-state index in [1.54, 1.807) is 19.1 Å². The zero-order chi connectivity index (χ0) is 21.0. The van der Waals surface area contributed by atoms with Crippen LogP contribution in [0.25, 0.3) is 0 Å². The van der Waals surface area contributed by atoms with Gasteiger partial charge >= 0.3 is 0 Å². The number of thioether (sulfide) groups is 1. The number of anilines is 1. The molecule has 0 bridgehead atoms. The second kappa shape index (κ2) is 9.23. The van der Waals surface area contributed by atoms with Crippen molar-refractivity contribution in [2.24, 2.45) is 0 Å². The molecule has 1 heterocycles. The summed E-state index contributed by atoms with van der Waals surface area (Å²) in [5.41, 5.74) is 0.367. The summed E-state index contributed by atoms with van der Waals surface area (Å²) in [5, 5.41) is 2.10. The molecule has 0 aliphatic carbocycles. The summed E-state index contributed by atoms with van der Waals surface area (Å²) in [6.45, 7) is 2.64. The molecule has 1 N–H and O–H groups in total. The van der Waals surface area contributed by atoms with E-state index < -0.39 is 26.9 Å². The minimum Gasteiger partial charge on any atom is -0.325 e. The van der Waals surface area contributed by atoms with Crippen molar-refractivity contribution in [3.63, 3.8) is 0 Å². The number of piperidine rings is 1. The molecule has 1 aliphatic heterocycles. The van der Waals surface area contributed by atoms with Crippen molar-refractivity contribution in [3.8, 4) is 0 Å². The molecule has 0 saturated carbocycles. The second-order valence-electron chi connectivity index (χ2n) is 6.82. The summed E-state index contributed by atoms with van der Waals surface area (Å²) in [7, 11) is -3.60. The van der Waals surface area contributed by atoms with E-state index in [0.29, 0.717) is 23.7 Å². The Morgan fingerprint density at radius 1 is 1.07 bits per heavy atom. The minimum atomic E-state index is -3.60. The maximum absolute atomic E-state index is 13.3. The number of hydrogen-bond acceptors (Lipinski definition) is 4. The number of carbonyl (C=O) groups is 1. The number of carbonyl (C=O) groups excluding carboxylic acids is 1. The molecule has 1 amide bonds. The van der Waals surface area contributed by atoms with Crippen molar-refractivity contribution in [3.05, 3.63) is 54.1 Å². The van der Waals surface area contributed by atoms with Gasteiger partial charge in [0.1, 0.15) is 0 Å². The van der Waals surface area contributed by atoms with Gasteiger partial charge < -0.3 is 5.32 Å². The summed E-state index contributed by atoms with van der Waals surface area (Å²) in [6.07, 6.45) is 2.71. The van der Waals surface area contributed by atoms with Crippen LogP contribution in [0.5, 0.6) is 0 Å². The van der Waals surface area contributed by atoms with Gasteiger partial charge in [-0.1, -0.05) is 12.5 Å². The monoisotopic (exact) mass is 440 g/mol. The van der Waals surface area contributed by atoms with Gasteiger partial charge in [0.15, 0.2) is 11.6 Å². The number of benzene rings is 2. The Balaban J connectivity index is 1.68. The van der Waals surface area contributed by atoms with Crippen molar-refractivity contribution in [2.75, 3.05) is 18.4 Å². The fourth-order valence-corrected chi connectivity index (χ4v) is 5.50. The van der Waals surface area contributed by atoms with Gasteiger partial charge in [0.2, 0.25) is 15.9 Å². The number of rotatable bonds is 6. The molecule has 0 spiro atoms. The Morgan fingerprint density at radius 3 is 2.48 bits per heavy atom. The molecule has 5 nitrogen and oxygen atoms in total. The summed E-state index contributed by atoms with van der Waals surface area (Å²) in [6, 6.07) is 9.60. The second-order valence-corrected chi connectivity index (χ2v) is 10.2.